The Hall–Kier alpha value is -0.570. The lowest BCUT2D eigenvalue weighted by Crippen LogP contribution is -1.96. The number of hydrogen-bond acceptors (Lipinski definition) is 1. The maximum Gasteiger partial charge on any atom is 0.165 e. The largest absolute Gasteiger partial charge is 0.494 e. The summed E-state index contributed by atoms with van der Waals surface area (Å²) in [6.07, 6.45) is 0. The van der Waals surface area contributed by atoms with Gasteiger partial charge in [0, 0.05) is 5.33 Å². The van der Waals surface area contributed by atoms with Crippen molar-refractivity contribution in [1.29, 1.82) is 0 Å². The van der Waals surface area contributed by atoms with Crippen molar-refractivity contribution >= 4 is 15.9 Å². The van der Waals surface area contributed by atoms with Gasteiger partial charge >= 0.3 is 0 Å². The number of ether oxygens (including phenoxy) is 1. The zero-order valence-electron chi connectivity index (χ0n) is 7.68. The first-order valence-electron chi connectivity index (χ1n) is 4.08. The maximum absolute atomic E-state index is 13.0. The molecule has 0 N–H and O–H groups in total. The van der Waals surface area contributed by atoms with Crippen LogP contribution >= 0.6 is 15.9 Å². The predicted octanol–water partition coefficient (Wildman–Crippen LogP) is 3.33. The molecule has 0 aliphatic carbocycles. The molecule has 13 heavy (non-hydrogen) atoms. The lowest BCUT2D eigenvalue weighted by atomic mass is 10.0. The van der Waals surface area contributed by atoms with Crippen LogP contribution in [0.4, 0.5) is 4.39 Å². The smallest absolute Gasteiger partial charge is 0.165 e. The van der Waals surface area contributed by atoms with E-state index in [1.807, 2.05) is 0 Å². The highest BCUT2D eigenvalue weighted by molar-refractivity contribution is 9.09. The standard InChI is InChI=1S/C10H12BrFO/c1-7(6-11)8-3-4-9(12)10(5-8)13-2/h3-5,7H,6H2,1-2H3. The summed E-state index contributed by atoms with van der Waals surface area (Å²) in [5.41, 5.74) is 1.08. The molecule has 1 nitrogen and oxygen atoms in total. The SMILES string of the molecule is COc1cc(C(C)CBr)ccc1F. The molecule has 1 atom stereocenters. The summed E-state index contributed by atoms with van der Waals surface area (Å²) < 4.78 is 17.9. The molecule has 0 heterocycles. The van der Waals surface area contributed by atoms with Gasteiger partial charge in [0.2, 0.25) is 0 Å². The molecular weight excluding hydrogens is 235 g/mol. The first-order valence-corrected chi connectivity index (χ1v) is 5.20. The first kappa shape index (κ1) is 10.5. The number of alkyl halides is 1. The molecule has 3 heteroatoms. The van der Waals surface area contributed by atoms with E-state index in [0.717, 1.165) is 10.9 Å². The minimum Gasteiger partial charge on any atom is -0.494 e. The molecule has 0 aliphatic rings. The van der Waals surface area contributed by atoms with Gasteiger partial charge in [-0.3, -0.25) is 0 Å². The van der Waals surface area contributed by atoms with Crippen LogP contribution in [0.5, 0.6) is 5.75 Å². The maximum atomic E-state index is 13.0. The number of hydrogen-bond donors (Lipinski definition) is 0. The molecule has 0 saturated carbocycles. The van der Waals surface area contributed by atoms with E-state index in [0.29, 0.717) is 11.7 Å². The molecule has 0 aromatic heterocycles. The number of rotatable bonds is 3. The molecule has 1 aromatic carbocycles. The molecule has 1 unspecified atom stereocenters. The molecule has 0 bridgehead atoms. The second kappa shape index (κ2) is 4.61. The molecule has 1 aromatic rings. The summed E-state index contributed by atoms with van der Waals surface area (Å²) in [6, 6.07) is 4.96. The summed E-state index contributed by atoms with van der Waals surface area (Å²) in [5, 5.41) is 0.863. The van der Waals surface area contributed by atoms with Crippen LogP contribution < -0.4 is 4.74 Å². The fourth-order valence-electron chi connectivity index (χ4n) is 1.07. The molecule has 0 fully saturated rings. The van der Waals surface area contributed by atoms with Crippen LogP contribution in [0, 0.1) is 5.82 Å². The van der Waals surface area contributed by atoms with Gasteiger partial charge in [-0.05, 0) is 23.6 Å². The average Bonchev–Trinajstić information content (AvgIpc) is 2.17. The summed E-state index contributed by atoms with van der Waals surface area (Å²) in [6.45, 7) is 2.07. The number of halogens is 2. The van der Waals surface area contributed by atoms with Gasteiger partial charge in [0.15, 0.2) is 11.6 Å². The predicted molar refractivity (Wildman–Crippen MR) is 55.2 cm³/mol. The van der Waals surface area contributed by atoms with Gasteiger partial charge in [-0.1, -0.05) is 28.9 Å². The lowest BCUT2D eigenvalue weighted by molar-refractivity contribution is 0.385. The lowest BCUT2D eigenvalue weighted by Gasteiger charge is -2.09. The third kappa shape index (κ3) is 2.44. The van der Waals surface area contributed by atoms with Crippen molar-refractivity contribution in [2.75, 3.05) is 12.4 Å². The van der Waals surface area contributed by atoms with Gasteiger partial charge in [-0.2, -0.15) is 0 Å². The fraction of sp³-hybridized carbons (Fsp3) is 0.400. The Bertz CT molecular complexity index is 288. The van der Waals surface area contributed by atoms with E-state index < -0.39 is 0 Å². The van der Waals surface area contributed by atoms with Crippen LogP contribution in [0.1, 0.15) is 18.4 Å². The molecule has 0 spiro atoms. The second-order valence-corrected chi connectivity index (χ2v) is 3.60. The third-order valence-electron chi connectivity index (χ3n) is 1.98. The molecule has 0 amide bonds. The van der Waals surface area contributed by atoms with E-state index in [9.17, 15) is 4.39 Å². The first-order chi connectivity index (χ1) is 6.19. The van der Waals surface area contributed by atoms with E-state index in [2.05, 4.69) is 22.9 Å². The van der Waals surface area contributed by atoms with Gasteiger partial charge in [0.1, 0.15) is 0 Å². The highest BCUT2D eigenvalue weighted by atomic mass is 79.9. The zero-order valence-corrected chi connectivity index (χ0v) is 9.27. The van der Waals surface area contributed by atoms with E-state index >= 15 is 0 Å². The van der Waals surface area contributed by atoms with E-state index in [-0.39, 0.29) is 5.82 Å². The summed E-state index contributed by atoms with van der Waals surface area (Å²) in [4.78, 5) is 0. The van der Waals surface area contributed by atoms with Crippen molar-refractivity contribution in [3.63, 3.8) is 0 Å². The second-order valence-electron chi connectivity index (χ2n) is 2.95. The van der Waals surface area contributed by atoms with E-state index in [1.54, 1.807) is 12.1 Å². The van der Waals surface area contributed by atoms with Gasteiger partial charge in [0.05, 0.1) is 7.11 Å². The Morgan fingerprint density at radius 1 is 1.54 bits per heavy atom. The molecule has 1 rings (SSSR count). The van der Waals surface area contributed by atoms with Crippen molar-refractivity contribution in [3.8, 4) is 5.75 Å². The topological polar surface area (TPSA) is 9.23 Å². The van der Waals surface area contributed by atoms with Crippen molar-refractivity contribution in [2.45, 2.75) is 12.8 Å². The van der Waals surface area contributed by atoms with Crippen LogP contribution in [0.25, 0.3) is 0 Å². The number of benzene rings is 1. The average molecular weight is 247 g/mol. The van der Waals surface area contributed by atoms with Crippen molar-refractivity contribution in [3.05, 3.63) is 29.6 Å². The molecule has 72 valence electrons. The van der Waals surface area contributed by atoms with Crippen LogP contribution in [-0.4, -0.2) is 12.4 Å². The fourth-order valence-corrected chi connectivity index (χ4v) is 1.45. The Morgan fingerprint density at radius 2 is 2.23 bits per heavy atom. The van der Waals surface area contributed by atoms with Gasteiger partial charge < -0.3 is 4.74 Å². The third-order valence-corrected chi connectivity index (χ3v) is 2.95. The monoisotopic (exact) mass is 246 g/mol. The zero-order chi connectivity index (χ0) is 9.84. The van der Waals surface area contributed by atoms with Gasteiger partial charge in [0.25, 0.3) is 0 Å². The van der Waals surface area contributed by atoms with E-state index in [1.165, 1.54) is 13.2 Å². The van der Waals surface area contributed by atoms with Crippen molar-refractivity contribution < 1.29 is 9.13 Å². The minimum absolute atomic E-state index is 0.310. The van der Waals surface area contributed by atoms with Crippen LogP contribution in [-0.2, 0) is 0 Å². The molecule has 0 saturated heterocycles. The van der Waals surface area contributed by atoms with E-state index in [4.69, 9.17) is 4.74 Å². The highest BCUT2D eigenvalue weighted by Gasteiger charge is 2.07. The normalized spacial score (nSPS) is 12.6. The molecule has 0 radical (unpaired) electrons. The number of methoxy groups -OCH3 is 1. The minimum atomic E-state index is -0.312. The molecular formula is C10H12BrFO. The van der Waals surface area contributed by atoms with Crippen LogP contribution in [0.2, 0.25) is 0 Å². The van der Waals surface area contributed by atoms with Crippen molar-refractivity contribution in [1.82, 2.24) is 0 Å². The van der Waals surface area contributed by atoms with Crippen LogP contribution in [0.15, 0.2) is 18.2 Å². The summed E-state index contributed by atoms with van der Waals surface area (Å²) in [5.74, 6) is 0.368. The van der Waals surface area contributed by atoms with Crippen molar-refractivity contribution in [2.24, 2.45) is 0 Å². The summed E-state index contributed by atoms with van der Waals surface area (Å²) >= 11 is 3.38. The Labute approximate surface area is 86.0 Å². The van der Waals surface area contributed by atoms with Gasteiger partial charge in [-0.15, -0.1) is 0 Å². The highest BCUT2D eigenvalue weighted by Crippen LogP contribution is 2.24. The quantitative estimate of drug-likeness (QED) is 0.744. The Balaban J connectivity index is 2.99. The Morgan fingerprint density at radius 3 is 2.77 bits per heavy atom. The Kier molecular flexibility index (Phi) is 3.72. The molecule has 0 aliphatic heterocycles. The van der Waals surface area contributed by atoms with Gasteiger partial charge in [-0.25, -0.2) is 4.39 Å². The summed E-state index contributed by atoms with van der Waals surface area (Å²) in [7, 11) is 1.47. The van der Waals surface area contributed by atoms with Crippen LogP contribution in [0.3, 0.4) is 0 Å².